The van der Waals surface area contributed by atoms with Crippen molar-refractivity contribution < 1.29 is 30.7 Å². The summed E-state index contributed by atoms with van der Waals surface area (Å²) in [7, 11) is -2.50. The van der Waals surface area contributed by atoms with Gasteiger partial charge in [-0.2, -0.15) is 8.42 Å². The largest absolute Gasteiger partial charge is 0.348 e. The van der Waals surface area contributed by atoms with Gasteiger partial charge in [0.25, 0.3) is 10.1 Å². The molecular formula is C11H23N2O6S2+. The van der Waals surface area contributed by atoms with E-state index in [0.29, 0.717) is 11.0 Å². The number of quaternary nitrogens is 1. The van der Waals surface area contributed by atoms with Gasteiger partial charge in [-0.3, -0.25) is 9.35 Å². The fourth-order valence-corrected chi connectivity index (χ4v) is 6.72. The van der Waals surface area contributed by atoms with E-state index in [4.69, 9.17) is 0 Å². The molecule has 0 aromatic carbocycles. The highest BCUT2D eigenvalue weighted by Crippen LogP contribution is 2.28. The monoisotopic (exact) mass is 343 g/mol. The van der Waals surface area contributed by atoms with Crippen molar-refractivity contribution in [3.63, 3.8) is 0 Å². The van der Waals surface area contributed by atoms with Crippen LogP contribution < -0.4 is 5.32 Å². The predicted molar refractivity (Wildman–Crippen MR) is 78.1 cm³/mol. The quantitative estimate of drug-likeness (QED) is 0.470. The van der Waals surface area contributed by atoms with Crippen molar-refractivity contribution in [3.8, 4) is 0 Å². The second-order valence-corrected chi connectivity index (χ2v) is 10.5. The molecule has 1 amide bonds. The van der Waals surface area contributed by atoms with E-state index in [1.165, 1.54) is 6.92 Å². The molecule has 0 aliphatic carbocycles. The molecule has 1 aliphatic rings. The van der Waals surface area contributed by atoms with Gasteiger partial charge in [0.1, 0.15) is 5.25 Å². The summed E-state index contributed by atoms with van der Waals surface area (Å²) in [6, 6.07) is 0. The summed E-state index contributed by atoms with van der Waals surface area (Å²) in [5.74, 6) is -1.62. The first kappa shape index (κ1) is 18.3. The average molecular weight is 343 g/mol. The molecule has 8 nitrogen and oxygen atoms in total. The fourth-order valence-electron chi connectivity index (χ4n) is 2.37. The molecule has 1 rings (SSSR count). The second kappa shape index (κ2) is 5.49. The van der Waals surface area contributed by atoms with Crippen molar-refractivity contribution in [3.05, 3.63) is 0 Å². The summed E-state index contributed by atoms with van der Waals surface area (Å²) in [6.45, 7) is 1.85. The van der Waals surface area contributed by atoms with Gasteiger partial charge >= 0.3 is 0 Å². The topological polar surface area (TPSA) is 118 Å². The van der Waals surface area contributed by atoms with Crippen LogP contribution >= 0.6 is 0 Å². The van der Waals surface area contributed by atoms with Crippen LogP contribution in [0.3, 0.4) is 0 Å². The maximum Gasteiger partial charge on any atom is 0.271 e. The highest BCUT2D eigenvalue weighted by atomic mass is 32.2. The molecule has 0 spiro atoms. The first-order valence-corrected chi connectivity index (χ1v) is 9.75. The summed E-state index contributed by atoms with van der Waals surface area (Å²) < 4.78 is 55.8. The number of carbonyl (C=O) groups excluding carboxylic acids is 1. The van der Waals surface area contributed by atoms with E-state index in [1.807, 2.05) is 21.1 Å². The van der Waals surface area contributed by atoms with Crippen LogP contribution in [0.25, 0.3) is 0 Å². The summed E-state index contributed by atoms with van der Waals surface area (Å²) >= 11 is 0. The SMILES string of the molecule is C[C@@]1(NC(=O)CC[N+](C)(C)C)CS(=O)(=O)C[C@H]1S(=O)(=O)O. The lowest BCUT2D eigenvalue weighted by atomic mass is 10.0. The van der Waals surface area contributed by atoms with Gasteiger partial charge in [-0.15, -0.1) is 0 Å². The minimum Gasteiger partial charge on any atom is -0.348 e. The normalized spacial score (nSPS) is 29.3. The first-order chi connectivity index (χ1) is 9.15. The standard InChI is InChI=1S/C11H22N2O6S2/c1-11(12-10(14)5-6-13(2,3)4)8-20(15,16)7-9(11)21(17,18)19/h9H,5-8H2,1-4H3,(H-,12,14,17,18,19)/p+1/t9-,11-/m1/s1. The number of nitrogens with one attached hydrogen (secondary N) is 1. The van der Waals surface area contributed by atoms with Crippen LogP contribution in [0.1, 0.15) is 13.3 Å². The van der Waals surface area contributed by atoms with Crippen molar-refractivity contribution >= 4 is 25.9 Å². The maximum absolute atomic E-state index is 11.9. The van der Waals surface area contributed by atoms with Crippen LogP contribution in [0.5, 0.6) is 0 Å². The molecule has 2 N–H and O–H groups in total. The average Bonchev–Trinajstić information content (AvgIpc) is 2.44. The van der Waals surface area contributed by atoms with E-state index < -0.39 is 48.2 Å². The Morgan fingerprint density at radius 3 is 2.33 bits per heavy atom. The van der Waals surface area contributed by atoms with Crippen LogP contribution in [0.15, 0.2) is 0 Å². The van der Waals surface area contributed by atoms with E-state index in [2.05, 4.69) is 5.32 Å². The first-order valence-electron chi connectivity index (χ1n) is 6.43. The van der Waals surface area contributed by atoms with E-state index in [1.54, 1.807) is 0 Å². The Hall–Kier alpha value is -0.710. The Kier molecular flexibility index (Phi) is 4.79. The van der Waals surface area contributed by atoms with E-state index in [-0.39, 0.29) is 6.42 Å². The molecule has 1 heterocycles. The Morgan fingerprint density at radius 1 is 1.38 bits per heavy atom. The fraction of sp³-hybridized carbons (Fsp3) is 0.909. The number of hydrogen-bond donors (Lipinski definition) is 2. The predicted octanol–water partition coefficient (Wildman–Crippen LogP) is -1.36. The van der Waals surface area contributed by atoms with Crippen molar-refractivity contribution in [1.82, 2.24) is 5.32 Å². The lowest BCUT2D eigenvalue weighted by molar-refractivity contribution is -0.869. The Balaban J connectivity index is 2.90. The highest BCUT2D eigenvalue weighted by Gasteiger charge is 2.54. The second-order valence-electron chi connectivity index (χ2n) is 6.79. The third-order valence-electron chi connectivity index (χ3n) is 3.43. The highest BCUT2D eigenvalue weighted by molar-refractivity contribution is 7.94. The molecule has 124 valence electrons. The third-order valence-corrected chi connectivity index (χ3v) is 6.93. The maximum atomic E-state index is 11.9. The van der Waals surface area contributed by atoms with Crippen LogP contribution in [0.2, 0.25) is 0 Å². The van der Waals surface area contributed by atoms with Gasteiger partial charge in [0, 0.05) is 0 Å². The van der Waals surface area contributed by atoms with Gasteiger partial charge in [0.05, 0.1) is 51.2 Å². The molecule has 0 aromatic heterocycles. The van der Waals surface area contributed by atoms with Crippen LogP contribution in [-0.2, 0) is 24.7 Å². The van der Waals surface area contributed by atoms with Gasteiger partial charge < -0.3 is 9.80 Å². The number of sulfone groups is 1. The molecule has 2 atom stereocenters. The van der Waals surface area contributed by atoms with Crippen molar-refractivity contribution in [2.45, 2.75) is 24.1 Å². The molecule has 21 heavy (non-hydrogen) atoms. The number of nitrogens with zero attached hydrogens (tertiary/aromatic N) is 1. The Morgan fingerprint density at radius 2 is 1.90 bits per heavy atom. The summed E-state index contributed by atoms with van der Waals surface area (Å²) in [6.07, 6.45) is 0.136. The zero-order valence-corrected chi connectivity index (χ0v) is 14.3. The number of hydrogen-bond acceptors (Lipinski definition) is 5. The summed E-state index contributed by atoms with van der Waals surface area (Å²) in [5.41, 5.74) is -1.51. The summed E-state index contributed by atoms with van der Waals surface area (Å²) in [5, 5.41) is 0.934. The molecule has 0 radical (unpaired) electrons. The van der Waals surface area contributed by atoms with Crippen LogP contribution in [0.4, 0.5) is 0 Å². The molecule has 0 bridgehead atoms. The van der Waals surface area contributed by atoms with Gasteiger partial charge in [0.15, 0.2) is 9.84 Å². The zero-order valence-electron chi connectivity index (χ0n) is 12.7. The molecule has 1 fully saturated rings. The van der Waals surface area contributed by atoms with Crippen LogP contribution in [-0.4, -0.2) is 81.8 Å². The minimum atomic E-state index is -4.57. The zero-order chi connectivity index (χ0) is 16.7. The molecule has 10 heteroatoms. The Bertz CT molecular complexity index is 620. The smallest absolute Gasteiger partial charge is 0.271 e. The molecule has 0 saturated carbocycles. The Labute approximate surface area is 125 Å². The molecule has 0 unspecified atom stereocenters. The van der Waals surface area contributed by atoms with Crippen LogP contribution in [0, 0.1) is 0 Å². The van der Waals surface area contributed by atoms with Crippen molar-refractivity contribution in [2.24, 2.45) is 0 Å². The van der Waals surface area contributed by atoms with Crippen molar-refractivity contribution in [2.75, 3.05) is 39.2 Å². The van der Waals surface area contributed by atoms with E-state index in [9.17, 15) is 26.2 Å². The number of carbonyl (C=O) groups is 1. The van der Waals surface area contributed by atoms with E-state index in [0.717, 1.165) is 0 Å². The van der Waals surface area contributed by atoms with Gasteiger partial charge in [0.2, 0.25) is 5.91 Å². The summed E-state index contributed by atoms with van der Waals surface area (Å²) in [4.78, 5) is 11.9. The molecule has 0 aromatic rings. The van der Waals surface area contributed by atoms with Crippen molar-refractivity contribution in [1.29, 1.82) is 0 Å². The molecule has 1 saturated heterocycles. The number of amides is 1. The minimum absolute atomic E-state index is 0.136. The number of rotatable bonds is 5. The molecule has 1 aliphatic heterocycles. The van der Waals surface area contributed by atoms with Gasteiger partial charge in [-0.1, -0.05) is 0 Å². The van der Waals surface area contributed by atoms with E-state index >= 15 is 0 Å². The van der Waals surface area contributed by atoms with Gasteiger partial charge in [-0.05, 0) is 6.92 Å². The molecular weight excluding hydrogens is 320 g/mol. The van der Waals surface area contributed by atoms with Gasteiger partial charge in [-0.25, -0.2) is 8.42 Å². The lowest BCUT2D eigenvalue weighted by Crippen LogP contribution is -2.57. The lowest BCUT2D eigenvalue weighted by Gasteiger charge is -2.30. The third kappa shape index (κ3) is 5.20.